The summed E-state index contributed by atoms with van der Waals surface area (Å²) in [6, 6.07) is 8.86. The molecule has 1 N–H and O–H groups in total. The zero-order valence-corrected chi connectivity index (χ0v) is 10.9. The minimum absolute atomic E-state index is 0.240. The van der Waals surface area contributed by atoms with E-state index in [9.17, 15) is 4.39 Å². The Balaban J connectivity index is 2.07. The molecule has 0 fully saturated rings. The second-order valence-electron chi connectivity index (χ2n) is 4.44. The van der Waals surface area contributed by atoms with Crippen molar-refractivity contribution in [2.75, 3.05) is 7.05 Å². The fourth-order valence-corrected chi connectivity index (χ4v) is 2.18. The molecule has 20 heavy (non-hydrogen) atoms. The Morgan fingerprint density at radius 3 is 2.65 bits per heavy atom. The highest BCUT2D eigenvalue weighted by Crippen LogP contribution is 2.21. The molecular formula is C15H13FN4. The maximum absolute atomic E-state index is 13.3. The minimum Gasteiger partial charge on any atom is -0.308 e. The normalized spacial score (nSPS) is 12.5. The fraction of sp³-hybridized carbons (Fsp3) is 0.133. The number of hydrogen-bond acceptors (Lipinski definition) is 4. The molecule has 5 heteroatoms. The summed E-state index contributed by atoms with van der Waals surface area (Å²) in [4.78, 5) is 12.8. The molecule has 1 aromatic carbocycles. The van der Waals surface area contributed by atoms with Gasteiger partial charge < -0.3 is 5.32 Å². The second kappa shape index (κ2) is 5.30. The first kappa shape index (κ1) is 12.6. The summed E-state index contributed by atoms with van der Waals surface area (Å²) < 4.78 is 13.3. The van der Waals surface area contributed by atoms with Crippen molar-refractivity contribution in [2.24, 2.45) is 0 Å². The molecule has 3 aromatic rings. The number of aromatic nitrogens is 3. The third-order valence-corrected chi connectivity index (χ3v) is 3.11. The van der Waals surface area contributed by atoms with E-state index in [1.807, 2.05) is 24.3 Å². The molecule has 0 aliphatic rings. The monoisotopic (exact) mass is 268 g/mol. The first-order chi connectivity index (χ1) is 9.78. The van der Waals surface area contributed by atoms with Crippen LogP contribution in [0.5, 0.6) is 0 Å². The van der Waals surface area contributed by atoms with Crippen LogP contribution < -0.4 is 5.32 Å². The molecule has 4 nitrogen and oxygen atoms in total. The Bertz CT molecular complexity index is 745. The summed E-state index contributed by atoms with van der Waals surface area (Å²) >= 11 is 0. The summed E-state index contributed by atoms with van der Waals surface area (Å²) in [5.74, 6) is -0.364. The lowest BCUT2D eigenvalue weighted by atomic mass is 10.1. The van der Waals surface area contributed by atoms with Crippen LogP contribution in [0.4, 0.5) is 4.39 Å². The van der Waals surface area contributed by atoms with E-state index in [1.165, 1.54) is 12.3 Å². The third kappa shape index (κ3) is 2.35. The molecule has 0 amide bonds. The molecule has 0 aliphatic heterocycles. The largest absolute Gasteiger partial charge is 0.308 e. The van der Waals surface area contributed by atoms with Gasteiger partial charge in [-0.2, -0.15) is 0 Å². The molecule has 0 radical (unpaired) electrons. The Morgan fingerprint density at radius 2 is 1.90 bits per heavy atom. The molecule has 0 spiro atoms. The number of halogens is 1. The van der Waals surface area contributed by atoms with Crippen molar-refractivity contribution in [1.29, 1.82) is 0 Å². The van der Waals surface area contributed by atoms with Crippen molar-refractivity contribution in [3.8, 4) is 0 Å². The quantitative estimate of drug-likeness (QED) is 0.793. The van der Waals surface area contributed by atoms with Crippen LogP contribution in [0.25, 0.3) is 11.0 Å². The molecule has 3 rings (SSSR count). The Morgan fingerprint density at radius 1 is 1.10 bits per heavy atom. The van der Waals surface area contributed by atoms with E-state index in [0.717, 1.165) is 22.3 Å². The van der Waals surface area contributed by atoms with E-state index >= 15 is 0 Å². The van der Waals surface area contributed by atoms with Crippen LogP contribution in [0, 0.1) is 5.82 Å². The summed E-state index contributed by atoms with van der Waals surface area (Å²) in [5, 5.41) is 3.12. The molecule has 0 saturated heterocycles. The van der Waals surface area contributed by atoms with Crippen molar-refractivity contribution in [3.05, 3.63) is 66.0 Å². The average molecular weight is 268 g/mol. The predicted molar refractivity (Wildman–Crippen MR) is 74.6 cm³/mol. The van der Waals surface area contributed by atoms with Crippen molar-refractivity contribution in [2.45, 2.75) is 6.04 Å². The number of hydrogen-bond donors (Lipinski definition) is 1. The van der Waals surface area contributed by atoms with Gasteiger partial charge in [-0.05, 0) is 30.8 Å². The van der Waals surface area contributed by atoms with Crippen LogP contribution in [0.3, 0.4) is 0 Å². The molecular weight excluding hydrogens is 255 g/mol. The molecule has 1 atom stereocenters. The van der Waals surface area contributed by atoms with E-state index in [2.05, 4.69) is 20.3 Å². The molecule has 100 valence electrons. The fourth-order valence-electron chi connectivity index (χ4n) is 2.18. The number of nitrogens with zero attached hydrogens (tertiary/aromatic N) is 3. The van der Waals surface area contributed by atoms with E-state index in [1.54, 1.807) is 19.4 Å². The van der Waals surface area contributed by atoms with Gasteiger partial charge in [-0.15, -0.1) is 0 Å². The number of para-hydroxylation sites is 2. The van der Waals surface area contributed by atoms with Crippen LogP contribution in [0.2, 0.25) is 0 Å². The van der Waals surface area contributed by atoms with Crippen LogP contribution in [-0.2, 0) is 0 Å². The van der Waals surface area contributed by atoms with Gasteiger partial charge in [0.1, 0.15) is 5.82 Å². The standard InChI is InChI=1S/C15H13FN4/c1-17-15(10-6-11(16)8-18-7-10)14-9-19-12-4-2-3-5-13(12)20-14/h2-9,15,17H,1H3. The van der Waals surface area contributed by atoms with E-state index in [0.29, 0.717) is 0 Å². The van der Waals surface area contributed by atoms with Gasteiger partial charge >= 0.3 is 0 Å². The van der Waals surface area contributed by atoms with Crippen LogP contribution in [0.1, 0.15) is 17.3 Å². The first-order valence-corrected chi connectivity index (χ1v) is 6.27. The SMILES string of the molecule is CNC(c1cncc(F)c1)c1cnc2ccccc2n1. The minimum atomic E-state index is -0.364. The van der Waals surface area contributed by atoms with Crippen molar-refractivity contribution in [1.82, 2.24) is 20.3 Å². The summed E-state index contributed by atoms with van der Waals surface area (Å²) in [7, 11) is 1.80. The first-order valence-electron chi connectivity index (χ1n) is 6.27. The highest BCUT2D eigenvalue weighted by atomic mass is 19.1. The van der Waals surface area contributed by atoms with Gasteiger partial charge in [0.05, 0.1) is 35.2 Å². The van der Waals surface area contributed by atoms with Gasteiger partial charge in [-0.25, -0.2) is 9.37 Å². The molecule has 0 saturated carbocycles. The Labute approximate surface area is 115 Å². The van der Waals surface area contributed by atoms with Gasteiger partial charge in [-0.1, -0.05) is 12.1 Å². The molecule has 0 aliphatic carbocycles. The third-order valence-electron chi connectivity index (χ3n) is 3.11. The zero-order chi connectivity index (χ0) is 13.9. The van der Waals surface area contributed by atoms with Crippen LogP contribution in [-0.4, -0.2) is 22.0 Å². The van der Waals surface area contributed by atoms with Crippen molar-refractivity contribution in [3.63, 3.8) is 0 Å². The maximum atomic E-state index is 13.3. The van der Waals surface area contributed by atoms with Crippen LogP contribution in [0.15, 0.2) is 48.9 Å². The number of rotatable bonds is 3. The van der Waals surface area contributed by atoms with E-state index in [4.69, 9.17) is 0 Å². The Kier molecular flexibility index (Phi) is 3.35. The van der Waals surface area contributed by atoms with Gasteiger partial charge in [0.15, 0.2) is 0 Å². The number of fused-ring (bicyclic) bond motifs is 1. The predicted octanol–water partition coefficient (Wildman–Crippen LogP) is 2.47. The van der Waals surface area contributed by atoms with Gasteiger partial charge in [0, 0.05) is 6.20 Å². The highest BCUT2D eigenvalue weighted by molar-refractivity contribution is 5.73. The molecule has 2 aromatic heterocycles. The average Bonchev–Trinajstić information content (AvgIpc) is 2.48. The smallest absolute Gasteiger partial charge is 0.141 e. The zero-order valence-electron chi connectivity index (χ0n) is 10.9. The van der Waals surface area contributed by atoms with Gasteiger partial charge in [0.25, 0.3) is 0 Å². The summed E-state index contributed by atoms with van der Waals surface area (Å²) in [5.41, 5.74) is 3.11. The summed E-state index contributed by atoms with van der Waals surface area (Å²) in [6.07, 6.45) is 4.51. The van der Waals surface area contributed by atoms with E-state index in [-0.39, 0.29) is 11.9 Å². The van der Waals surface area contributed by atoms with Crippen molar-refractivity contribution < 1.29 is 4.39 Å². The maximum Gasteiger partial charge on any atom is 0.141 e. The lowest BCUT2D eigenvalue weighted by Gasteiger charge is -2.15. The lowest BCUT2D eigenvalue weighted by Crippen LogP contribution is -2.19. The number of benzene rings is 1. The molecule has 2 heterocycles. The van der Waals surface area contributed by atoms with E-state index < -0.39 is 0 Å². The highest BCUT2D eigenvalue weighted by Gasteiger charge is 2.15. The van der Waals surface area contributed by atoms with Gasteiger partial charge in [-0.3, -0.25) is 9.97 Å². The topological polar surface area (TPSA) is 50.7 Å². The molecule has 1 unspecified atom stereocenters. The summed E-state index contributed by atoms with van der Waals surface area (Å²) in [6.45, 7) is 0. The van der Waals surface area contributed by atoms with Crippen LogP contribution >= 0.6 is 0 Å². The number of pyridine rings is 1. The number of nitrogens with one attached hydrogen (secondary N) is 1. The molecule has 0 bridgehead atoms. The van der Waals surface area contributed by atoms with Gasteiger partial charge in [0.2, 0.25) is 0 Å². The van der Waals surface area contributed by atoms with Crippen molar-refractivity contribution >= 4 is 11.0 Å². The second-order valence-corrected chi connectivity index (χ2v) is 4.44. The Hall–Kier alpha value is -2.40. The lowest BCUT2D eigenvalue weighted by molar-refractivity contribution is 0.606.